The van der Waals surface area contributed by atoms with E-state index in [4.69, 9.17) is 4.74 Å². The van der Waals surface area contributed by atoms with Crippen molar-refractivity contribution in [1.82, 2.24) is 0 Å². The van der Waals surface area contributed by atoms with E-state index in [0.29, 0.717) is 0 Å². The van der Waals surface area contributed by atoms with Crippen molar-refractivity contribution < 1.29 is 4.74 Å². The molecule has 0 amide bonds. The molecule has 17 heavy (non-hydrogen) atoms. The van der Waals surface area contributed by atoms with E-state index in [1.165, 1.54) is 0 Å². The van der Waals surface area contributed by atoms with Gasteiger partial charge >= 0.3 is 104 Å². The molecule has 0 bridgehead atoms. The summed E-state index contributed by atoms with van der Waals surface area (Å²) in [4.78, 5) is 12.3. The molecule has 3 rings (SSSR count). The molecular weight excluding hydrogens is 279 g/mol. The van der Waals surface area contributed by atoms with Gasteiger partial charge in [0.1, 0.15) is 0 Å². The first-order chi connectivity index (χ1) is 8.29. The molecule has 3 aromatic rings. The summed E-state index contributed by atoms with van der Waals surface area (Å²) in [6.07, 6.45) is 0. The molecule has 0 aliphatic heterocycles. The van der Waals surface area contributed by atoms with Crippen LogP contribution in [-0.4, -0.2) is 21.6 Å². The van der Waals surface area contributed by atoms with Gasteiger partial charge in [-0.05, 0) is 0 Å². The van der Waals surface area contributed by atoms with Crippen molar-refractivity contribution in [3.05, 3.63) is 52.7 Å². The number of benzene rings is 2. The fourth-order valence-corrected chi connectivity index (χ4v) is 4.22. The first-order valence-corrected chi connectivity index (χ1v) is 7.00. The molecule has 2 nitrogen and oxygen atoms in total. The minimum atomic E-state index is 0.131. The minimum absolute atomic E-state index is 0.131. The Labute approximate surface area is 104 Å². The van der Waals surface area contributed by atoms with Crippen LogP contribution in [0.4, 0.5) is 0 Å². The summed E-state index contributed by atoms with van der Waals surface area (Å²) in [5, 5.41) is 1.68. The van der Waals surface area contributed by atoms with E-state index < -0.39 is 0 Å². The summed E-state index contributed by atoms with van der Waals surface area (Å²) in [6.45, 7) is 0. The van der Waals surface area contributed by atoms with Crippen LogP contribution >= 0.6 is 0 Å². The molecule has 0 saturated heterocycles. The van der Waals surface area contributed by atoms with Crippen molar-refractivity contribution in [2.24, 2.45) is 0 Å². The number of hydrogen-bond acceptors (Lipinski definition) is 2. The Bertz CT molecular complexity index is 759. The normalized spacial score (nSPS) is 10.9. The Balaban J connectivity index is 2.50. The van der Waals surface area contributed by atoms with Crippen LogP contribution in [0.3, 0.4) is 0 Å². The second-order valence-electron chi connectivity index (χ2n) is 3.79. The Morgan fingerprint density at radius 2 is 1.76 bits per heavy atom. The second-order valence-corrected chi connectivity index (χ2v) is 6.06. The van der Waals surface area contributed by atoms with Crippen molar-refractivity contribution in [3.8, 4) is 5.75 Å². The summed E-state index contributed by atoms with van der Waals surface area (Å²) >= 11 is 0.189. The molecule has 0 N–H and O–H groups in total. The van der Waals surface area contributed by atoms with Gasteiger partial charge in [0.15, 0.2) is 0 Å². The zero-order valence-electron chi connectivity index (χ0n) is 9.27. The zero-order chi connectivity index (χ0) is 11.8. The maximum atomic E-state index is 12.3. The molecule has 1 heterocycles. The topological polar surface area (TPSA) is 26.3 Å². The van der Waals surface area contributed by atoms with Gasteiger partial charge in [-0.25, -0.2) is 0 Å². The number of methoxy groups -OCH3 is 1. The third-order valence-corrected chi connectivity index (χ3v) is 5.16. The van der Waals surface area contributed by atoms with Gasteiger partial charge in [-0.3, -0.25) is 0 Å². The third-order valence-electron chi connectivity index (χ3n) is 2.79. The molecular formula is C14H10O2Se. The Kier molecular flexibility index (Phi) is 2.50. The van der Waals surface area contributed by atoms with Crippen LogP contribution < -0.4 is 10.2 Å². The van der Waals surface area contributed by atoms with Crippen LogP contribution in [0.15, 0.2) is 47.3 Å². The number of fused-ring (bicyclic) bond motifs is 2. The van der Waals surface area contributed by atoms with E-state index in [1.807, 2.05) is 42.5 Å². The van der Waals surface area contributed by atoms with Crippen LogP contribution in [0.25, 0.3) is 19.3 Å². The fourth-order valence-electron chi connectivity index (χ4n) is 1.91. The summed E-state index contributed by atoms with van der Waals surface area (Å²) < 4.78 is 7.47. The average molecular weight is 289 g/mol. The average Bonchev–Trinajstić information content (AvgIpc) is 2.38. The molecule has 0 atom stereocenters. The van der Waals surface area contributed by atoms with E-state index in [0.717, 1.165) is 25.0 Å². The van der Waals surface area contributed by atoms with Crippen molar-refractivity contribution >= 4 is 33.8 Å². The van der Waals surface area contributed by atoms with Crippen molar-refractivity contribution in [3.63, 3.8) is 0 Å². The maximum absolute atomic E-state index is 12.3. The van der Waals surface area contributed by atoms with Gasteiger partial charge in [-0.15, -0.1) is 0 Å². The van der Waals surface area contributed by atoms with Gasteiger partial charge in [0.05, 0.1) is 0 Å². The molecule has 0 unspecified atom stereocenters. The predicted octanol–water partition coefficient (Wildman–Crippen LogP) is 2.42. The summed E-state index contributed by atoms with van der Waals surface area (Å²) in [5.74, 6) is 0.817. The quantitative estimate of drug-likeness (QED) is 0.508. The van der Waals surface area contributed by atoms with Crippen LogP contribution in [0.1, 0.15) is 0 Å². The Morgan fingerprint density at radius 1 is 1.00 bits per heavy atom. The molecule has 0 aliphatic carbocycles. The van der Waals surface area contributed by atoms with Gasteiger partial charge in [-0.2, -0.15) is 0 Å². The molecule has 84 valence electrons. The van der Waals surface area contributed by atoms with Gasteiger partial charge < -0.3 is 0 Å². The van der Waals surface area contributed by atoms with Crippen LogP contribution in [0.2, 0.25) is 0 Å². The molecule has 1 aromatic heterocycles. The van der Waals surface area contributed by atoms with Crippen molar-refractivity contribution in [1.29, 1.82) is 0 Å². The molecule has 2 aromatic carbocycles. The monoisotopic (exact) mass is 290 g/mol. The van der Waals surface area contributed by atoms with Gasteiger partial charge in [0.25, 0.3) is 0 Å². The molecule has 0 spiro atoms. The molecule has 0 radical (unpaired) electrons. The van der Waals surface area contributed by atoms with Crippen LogP contribution in [0.5, 0.6) is 5.75 Å². The Morgan fingerprint density at radius 3 is 2.59 bits per heavy atom. The summed E-state index contributed by atoms with van der Waals surface area (Å²) in [7, 11) is 1.65. The standard InChI is InChI=1S/C14H10O2Se/c1-16-9-6-7-11-13(8-9)17-12-5-3-2-4-10(12)14(11)15/h2-8H,1H3. The molecule has 0 saturated carbocycles. The van der Waals surface area contributed by atoms with Crippen molar-refractivity contribution in [2.75, 3.05) is 7.11 Å². The SMILES string of the molecule is COc1ccc2c(=O)c3ccccc3[se]c2c1. The summed E-state index contributed by atoms with van der Waals surface area (Å²) in [5.41, 5.74) is 0.131. The van der Waals surface area contributed by atoms with E-state index in [2.05, 4.69) is 0 Å². The molecule has 0 fully saturated rings. The predicted molar refractivity (Wildman–Crippen MR) is 71.2 cm³/mol. The second kappa shape index (κ2) is 4.02. The van der Waals surface area contributed by atoms with Gasteiger partial charge in [0.2, 0.25) is 0 Å². The summed E-state index contributed by atoms with van der Waals surface area (Å²) in [6, 6.07) is 13.5. The third kappa shape index (κ3) is 1.68. The van der Waals surface area contributed by atoms with Crippen LogP contribution in [0, 0.1) is 0 Å². The number of ether oxygens (including phenoxy) is 1. The molecule has 3 heteroatoms. The molecule has 0 aliphatic rings. The first-order valence-electron chi connectivity index (χ1n) is 5.29. The zero-order valence-corrected chi connectivity index (χ0v) is 11.0. The van der Waals surface area contributed by atoms with Crippen molar-refractivity contribution in [2.45, 2.75) is 0 Å². The van der Waals surface area contributed by atoms with E-state index in [1.54, 1.807) is 7.11 Å². The van der Waals surface area contributed by atoms with Gasteiger partial charge in [0, 0.05) is 0 Å². The first kappa shape index (κ1) is 10.6. The van der Waals surface area contributed by atoms with E-state index in [-0.39, 0.29) is 19.9 Å². The van der Waals surface area contributed by atoms with Gasteiger partial charge in [-0.1, -0.05) is 0 Å². The van der Waals surface area contributed by atoms with Crippen LogP contribution in [-0.2, 0) is 0 Å². The number of rotatable bonds is 1. The van der Waals surface area contributed by atoms with E-state index >= 15 is 0 Å². The number of hydrogen-bond donors (Lipinski definition) is 0. The fraction of sp³-hybridized carbons (Fsp3) is 0.0714. The Hall–Kier alpha value is -1.57. The van der Waals surface area contributed by atoms with E-state index in [9.17, 15) is 4.79 Å².